The Balaban J connectivity index is 1.32. The molecule has 0 bridgehead atoms. The van der Waals surface area contributed by atoms with Gasteiger partial charge in [-0.15, -0.1) is 0 Å². The third-order valence-electron chi connectivity index (χ3n) is 12.8. The number of rotatable bonds is 6. The van der Waals surface area contributed by atoms with Gasteiger partial charge in [-0.25, -0.2) is 4.39 Å². The van der Waals surface area contributed by atoms with E-state index < -0.39 is 35.5 Å². The number of carboxylic acid groups (broad SMARTS) is 1. The van der Waals surface area contributed by atoms with Gasteiger partial charge in [0.1, 0.15) is 11.4 Å². The summed E-state index contributed by atoms with van der Waals surface area (Å²) in [6, 6.07) is 4.40. The minimum atomic E-state index is -1.34. The number of guanidine groups is 1. The maximum absolute atomic E-state index is 15.0. The van der Waals surface area contributed by atoms with Crippen LogP contribution in [-0.4, -0.2) is 56.1 Å². The van der Waals surface area contributed by atoms with E-state index in [-0.39, 0.29) is 69.9 Å². The molecule has 4 saturated carbocycles. The molecular formula is C37H50FN3O6. The van der Waals surface area contributed by atoms with Crippen molar-refractivity contribution in [1.82, 2.24) is 0 Å². The molecular weight excluding hydrogens is 601 g/mol. The van der Waals surface area contributed by atoms with Crippen LogP contribution in [-0.2, 0) is 9.59 Å². The monoisotopic (exact) mass is 651 g/mol. The number of hydrogen-bond donors (Lipinski definition) is 6. The molecule has 0 unspecified atom stereocenters. The largest absolute Gasteiger partial charge is 0.481 e. The lowest BCUT2D eigenvalue weighted by molar-refractivity contribution is -0.211. The third kappa shape index (κ3) is 6.59. The van der Waals surface area contributed by atoms with Crippen LogP contribution in [0.4, 0.5) is 4.39 Å². The van der Waals surface area contributed by atoms with Crippen molar-refractivity contribution < 1.29 is 34.4 Å². The predicted molar refractivity (Wildman–Crippen MR) is 177 cm³/mol. The van der Waals surface area contributed by atoms with Crippen LogP contribution in [0.2, 0.25) is 0 Å². The van der Waals surface area contributed by atoms with Gasteiger partial charge in [-0.05, 0) is 128 Å². The van der Waals surface area contributed by atoms with Crippen LogP contribution in [0.1, 0.15) is 96.6 Å². The standard InChI is InChI=1S/C37H50FN3O6/c1-20(5-10-31(44)45)25-8-9-26-32-27(18-30(43)36(25,26)4)35(3)13-14-37(47,19-24(35)17-29(32)42)12-11-23-7-6-22(16-28(23)38)15-21(2)33(46)41-34(39)40/h6-7,15-16,20,24-27,29-30,32,42-43,47H,5,8-10,13-14,17-19H2,1-4H3,(H,44,45)(H4,39,40,41,46)/t20-,24-,25-,26+,27+,29-,30+,32+,35+,36-,37-/m1/s1. The molecule has 0 aliphatic heterocycles. The molecule has 9 nitrogen and oxygen atoms in total. The lowest BCUT2D eigenvalue weighted by Gasteiger charge is -2.64. The number of fused-ring (bicyclic) bond motifs is 5. The molecule has 4 aliphatic rings. The van der Waals surface area contributed by atoms with Gasteiger partial charge in [-0.3, -0.25) is 9.59 Å². The second-order valence-corrected chi connectivity index (χ2v) is 15.4. The normalized spacial score (nSPS) is 38.6. The summed E-state index contributed by atoms with van der Waals surface area (Å²) in [5.74, 6) is 4.09. The molecule has 10 heteroatoms. The first kappa shape index (κ1) is 35.1. The van der Waals surface area contributed by atoms with E-state index >= 15 is 4.39 Å². The number of nitrogens with two attached hydrogens (primary N) is 2. The number of aliphatic hydroxyl groups excluding tert-OH is 2. The van der Waals surface area contributed by atoms with E-state index in [0.29, 0.717) is 44.1 Å². The maximum atomic E-state index is 15.0. The Morgan fingerprint density at radius 1 is 1.15 bits per heavy atom. The van der Waals surface area contributed by atoms with Gasteiger partial charge in [0.25, 0.3) is 5.91 Å². The van der Waals surface area contributed by atoms with Crippen LogP contribution >= 0.6 is 0 Å². The van der Waals surface area contributed by atoms with Crippen LogP contribution in [0.15, 0.2) is 28.8 Å². The van der Waals surface area contributed by atoms with E-state index in [9.17, 15) is 30.0 Å². The molecule has 1 amide bonds. The van der Waals surface area contributed by atoms with Gasteiger partial charge in [-0.1, -0.05) is 38.7 Å². The Hall–Kier alpha value is -3.26. The second kappa shape index (κ2) is 13.0. The first-order chi connectivity index (χ1) is 22.0. The Labute approximate surface area is 276 Å². The first-order valence-corrected chi connectivity index (χ1v) is 16.9. The molecule has 0 aromatic heterocycles. The molecule has 5 rings (SSSR count). The summed E-state index contributed by atoms with van der Waals surface area (Å²) < 4.78 is 15.0. The van der Waals surface area contributed by atoms with Gasteiger partial charge >= 0.3 is 5.97 Å². The Kier molecular flexibility index (Phi) is 9.68. The smallest absolute Gasteiger partial charge is 0.303 e. The summed E-state index contributed by atoms with van der Waals surface area (Å²) in [7, 11) is 0. The highest BCUT2D eigenvalue weighted by Gasteiger charge is 2.66. The summed E-state index contributed by atoms with van der Waals surface area (Å²) >= 11 is 0. The van der Waals surface area contributed by atoms with Crippen LogP contribution in [0.3, 0.4) is 0 Å². The van der Waals surface area contributed by atoms with Crippen molar-refractivity contribution >= 4 is 23.9 Å². The van der Waals surface area contributed by atoms with E-state index in [0.717, 1.165) is 12.8 Å². The van der Waals surface area contributed by atoms with E-state index in [4.69, 9.17) is 11.5 Å². The molecule has 4 aliphatic carbocycles. The summed E-state index contributed by atoms with van der Waals surface area (Å²) in [6.07, 6.45) is 5.46. The summed E-state index contributed by atoms with van der Waals surface area (Å²) in [5.41, 5.74) is 9.41. The van der Waals surface area contributed by atoms with Crippen molar-refractivity contribution in [2.24, 2.45) is 62.8 Å². The minimum Gasteiger partial charge on any atom is -0.481 e. The maximum Gasteiger partial charge on any atom is 0.303 e. The van der Waals surface area contributed by atoms with Crippen molar-refractivity contribution in [3.05, 3.63) is 40.7 Å². The number of nitrogens with zero attached hydrogens (tertiary/aromatic N) is 1. The zero-order valence-electron chi connectivity index (χ0n) is 27.9. The molecule has 11 atom stereocenters. The fraction of sp³-hybridized carbons (Fsp3) is 0.649. The number of benzene rings is 1. The molecule has 47 heavy (non-hydrogen) atoms. The highest BCUT2D eigenvalue weighted by Crippen LogP contribution is 2.68. The fourth-order valence-electron chi connectivity index (χ4n) is 10.2. The Bertz CT molecular complexity index is 1530. The summed E-state index contributed by atoms with van der Waals surface area (Å²) in [6.45, 7) is 8.05. The van der Waals surface area contributed by atoms with Gasteiger partial charge in [0.15, 0.2) is 5.96 Å². The number of aliphatic carboxylic acids is 1. The third-order valence-corrected chi connectivity index (χ3v) is 12.8. The molecule has 8 N–H and O–H groups in total. The molecule has 4 fully saturated rings. The second-order valence-electron chi connectivity index (χ2n) is 15.4. The molecule has 0 spiro atoms. The summed E-state index contributed by atoms with van der Waals surface area (Å²) in [4.78, 5) is 26.7. The van der Waals surface area contributed by atoms with Gasteiger partial charge in [0.05, 0.1) is 17.8 Å². The Morgan fingerprint density at radius 2 is 1.87 bits per heavy atom. The lowest BCUT2D eigenvalue weighted by atomic mass is 9.42. The fourth-order valence-corrected chi connectivity index (χ4v) is 10.2. The summed E-state index contributed by atoms with van der Waals surface area (Å²) in [5, 5.41) is 44.4. The average molecular weight is 652 g/mol. The molecule has 0 radical (unpaired) electrons. The number of aliphatic hydroxyl groups is 3. The van der Waals surface area contributed by atoms with E-state index in [1.807, 2.05) is 0 Å². The number of carbonyl (C=O) groups excluding carboxylic acids is 1. The average Bonchev–Trinajstić information content (AvgIpc) is 3.35. The quantitative estimate of drug-likeness (QED) is 0.115. The molecule has 0 heterocycles. The van der Waals surface area contributed by atoms with Gasteiger partial charge < -0.3 is 31.9 Å². The SMILES string of the molecule is CC(=Cc1ccc(C#C[C@@]2(O)CC[C@@]3(C)[C@H](C[C@@H](O)[C@@H]4[C@@H]3C[C@H](O)[C@]3(C)[C@@H]([C@H](C)CCC(=O)O)CC[C@@H]43)C2)c(F)c1)C(=O)N=C(N)N. The lowest BCUT2D eigenvalue weighted by Crippen LogP contribution is -2.63. The van der Waals surface area contributed by atoms with Crippen molar-refractivity contribution in [1.29, 1.82) is 0 Å². The molecule has 1 aromatic rings. The number of hydrogen-bond acceptors (Lipinski definition) is 5. The van der Waals surface area contributed by atoms with Crippen LogP contribution in [0.25, 0.3) is 6.08 Å². The van der Waals surface area contributed by atoms with Gasteiger partial charge in [0.2, 0.25) is 0 Å². The topological polar surface area (TPSA) is 179 Å². The van der Waals surface area contributed by atoms with E-state index in [1.54, 1.807) is 6.07 Å². The zero-order chi connectivity index (χ0) is 34.5. The first-order valence-electron chi connectivity index (χ1n) is 16.9. The number of aliphatic imine (C=N–C) groups is 1. The molecule has 1 aromatic carbocycles. The van der Waals surface area contributed by atoms with Crippen molar-refractivity contribution in [2.45, 2.75) is 103 Å². The van der Waals surface area contributed by atoms with Gasteiger partial charge in [0, 0.05) is 12.0 Å². The van der Waals surface area contributed by atoms with Crippen molar-refractivity contribution in [3.8, 4) is 11.8 Å². The van der Waals surface area contributed by atoms with E-state index in [2.05, 4.69) is 37.6 Å². The predicted octanol–water partition coefficient (Wildman–Crippen LogP) is 4.21. The molecule has 256 valence electrons. The molecule has 0 saturated heterocycles. The Morgan fingerprint density at radius 3 is 2.53 bits per heavy atom. The van der Waals surface area contributed by atoms with Crippen LogP contribution in [0.5, 0.6) is 0 Å². The minimum absolute atomic E-state index is 0.0156. The number of amides is 1. The van der Waals surface area contributed by atoms with Crippen molar-refractivity contribution in [3.63, 3.8) is 0 Å². The van der Waals surface area contributed by atoms with Crippen LogP contribution in [0, 0.1) is 64.0 Å². The zero-order valence-corrected chi connectivity index (χ0v) is 27.9. The number of carbonyl (C=O) groups is 2. The highest BCUT2D eigenvalue weighted by molar-refractivity contribution is 6.03. The number of carboxylic acids is 1. The highest BCUT2D eigenvalue weighted by atomic mass is 19.1. The number of halogens is 1. The van der Waals surface area contributed by atoms with Crippen LogP contribution < -0.4 is 11.5 Å². The van der Waals surface area contributed by atoms with Crippen molar-refractivity contribution in [2.75, 3.05) is 0 Å². The van der Waals surface area contributed by atoms with Gasteiger partial charge in [-0.2, -0.15) is 4.99 Å². The van der Waals surface area contributed by atoms with E-state index in [1.165, 1.54) is 25.1 Å².